The Labute approximate surface area is 113 Å². The minimum absolute atomic E-state index is 0.170. The molecule has 2 aromatic heterocycles. The first-order chi connectivity index (χ1) is 8.56. The van der Waals surface area contributed by atoms with Gasteiger partial charge in [0.2, 0.25) is 5.95 Å². The fourth-order valence-electron chi connectivity index (χ4n) is 1.49. The van der Waals surface area contributed by atoms with Gasteiger partial charge in [0.25, 0.3) is 0 Å². The quantitative estimate of drug-likeness (QED) is 0.913. The van der Waals surface area contributed by atoms with Crippen molar-refractivity contribution in [1.29, 1.82) is 0 Å². The number of anilines is 1. The van der Waals surface area contributed by atoms with E-state index in [1.165, 1.54) is 0 Å². The van der Waals surface area contributed by atoms with Gasteiger partial charge in [-0.05, 0) is 18.6 Å². The number of fused-ring (bicyclic) bond motifs is 1. The van der Waals surface area contributed by atoms with E-state index in [1.54, 1.807) is 23.0 Å². The van der Waals surface area contributed by atoms with Gasteiger partial charge >= 0.3 is 0 Å². The smallest absolute Gasteiger partial charge is 0.243 e. The van der Waals surface area contributed by atoms with E-state index in [-0.39, 0.29) is 5.25 Å². The molecular formula is C11H15ClN4OS. The summed E-state index contributed by atoms with van der Waals surface area (Å²) in [5.74, 6) is 0.561. The molecule has 2 atom stereocenters. The zero-order valence-corrected chi connectivity index (χ0v) is 11.8. The molecule has 2 aromatic rings. The number of aromatic nitrogens is 3. The van der Waals surface area contributed by atoms with Crippen molar-refractivity contribution in [3.05, 3.63) is 23.4 Å². The van der Waals surface area contributed by atoms with Gasteiger partial charge in [-0.3, -0.25) is 4.21 Å². The predicted octanol–water partition coefficient (Wildman–Crippen LogP) is 1.95. The molecule has 0 aliphatic heterocycles. The zero-order chi connectivity index (χ0) is 13.1. The molecule has 2 rings (SSSR count). The molecular weight excluding hydrogens is 272 g/mol. The van der Waals surface area contributed by atoms with Gasteiger partial charge in [0, 0.05) is 35.0 Å². The van der Waals surface area contributed by atoms with Crippen LogP contribution in [0, 0.1) is 0 Å². The molecule has 0 radical (unpaired) electrons. The first-order valence-electron chi connectivity index (χ1n) is 5.64. The number of nitrogens with one attached hydrogen (secondary N) is 1. The van der Waals surface area contributed by atoms with Crippen LogP contribution in [0.25, 0.3) is 5.65 Å². The van der Waals surface area contributed by atoms with Gasteiger partial charge in [-0.1, -0.05) is 18.5 Å². The van der Waals surface area contributed by atoms with Gasteiger partial charge in [0.15, 0.2) is 5.65 Å². The van der Waals surface area contributed by atoms with E-state index < -0.39 is 10.8 Å². The van der Waals surface area contributed by atoms with Crippen LogP contribution in [0.1, 0.15) is 13.3 Å². The number of pyridine rings is 1. The van der Waals surface area contributed by atoms with Crippen LogP contribution in [-0.2, 0) is 10.8 Å². The summed E-state index contributed by atoms with van der Waals surface area (Å²) in [5.41, 5.74) is 0.744. The van der Waals surface area contributed by atoms with Crippen molar-refractivity contribution in [3.63, 3.8) is 0 Å². The summed E-state index contributed by atoms with van der Waals surface area (Å²) in [5, 5.41) is 8.16. The van der Waals surface area contributed by atoms with E-state index in [4.69, 9.17) is 11.6 Å². The van der Waals surface area contributed by atoms with E-state index in [1.807, 2.05) is 13.0 Å². The largest absolute Gasteiger partial charge is 0.353 e. The molecule has 2 unspecified atom stereocenters. The number of hydrogen-bond donors (Lipinski definition) is 1. The Balaban J connectivity index is 1.98. The summed E-state index contributed by atoms with van der Waals surface area (Å²) in [7, 11) is -0.790. The highest BCUT2D eigenvalue weighted by atomic mass is 35.5. The number of rotatable bonds is 5. The Morgan fingerprint density at radius 3 is 3.06 bits per heavy atom. The van der Waals surface area contributed by atoms with E-state index in [9.17, 15) is 4.21 Å². The molecule has 1 N–H and O–H groups in total. The van der Waals surface area contributed by atoms with Crippen molar-refractivity contribution in [1.82, 2.24) is 14.6 Å². The molecule has 7 heteroatoms. The van der Waals surface area contributed by atoms with Crippen LogP contribution in [0.4, 0.5) is 5.95 Å². The Hall–Kier alpha value is -1.14. The van der Waals surface area contributed by atoms with Crippen LogP contribution in [-0.4, -0.2) is 36.9 Å². The Bertz CT molecular complexity index is 571. The van der Waals surface area contributed by atoms with Crippen LogP contribution < -0.4 is 5.32 Å². The second-order valence-corrected chi connectivity index (χ2v) is 6.35. The van der Waals surface area contributed by atoms with Gasteiger partial charge in [-0.2, -0.15) is 4.98 Å². The highest BCUT2D eigenvalue weighted by molar-refractivity contribution is 7.84. The monoisotopic (exact) mass is 286 g/mol. The average molecular weight is 287 g/mol. The van der Waals surface area contributed by atoms with Gasteiger partial charge in [0.1, 0.15) is 0 Å². The molecule has 98 valence electrons. The third-order valence-corrected chi connectivity index (χ3v) is 4.29. The molecule has 0 aliphatic carbocycles. The first-order valence-corrected chi connectivity index (χ1v) is 7.64. The maximum Gasteiger partial charge on any atom is 0.243 e. The summed E-state index contributed by atoms with van der Waals surface area (Å²) in [6.45, 7) is 2.67. The molecule has 0 aromatic carbocycles. The molecule has 0 amide bonds. The fourth-order valence-corrected chi connectivity index (χ4v) is 2.09. The molecule has 0 bridgehead atoms. The SMILES string of the molecule is CC(CCNc1nc2ccc(Cl)cn2n1)S(C)=O. The third kappa shape index (κ3) is 3.20. The van der Waals surface area contributed by atoms with Crippen LogP contribution in [0.2, 0.25) is 5.02 Å². The second-order valence-electron chi connectivity index (χ2n) is 4.11. The summed E-state index contributed by atoms with van der Waals surface area (Å²) in [4.78, 5) is 4.30. The Kier molecular flexibility index (Phi) is 4.19. The maximum atomic E-state index is 11.2. The standard InChI is InChI=1S/C11H15ClN4OS/c1-8(18(2)17)5-6-13-11-14-10-4-3-9(12)7-16(10)15-11/h3-4,7-8H,5-6H2,1-2H3,(H,13,15). The van der Waals surface area contributed by atoms with E-state index in [2.05, 4.69) is 15.4 Å². The summed E-state index contributed by atoms with van der Waals surface area (Å²) in [6, 6.07) is 3.59. The number of halogens is 1. The first kappa shape index (κ1) is 13.3. The molecule has 0 fully saturated rings. The summed E-state index contributed by atoms with van der Waals surface area (Å²) >= 11 is 5.87. The van der Waals surface area contributed by atoms with Crippen LogP contribution in [0.5, 0.6) is 0 Å². The van der Waals surface area contributed by atoms with Gasteiger partial charge in [-0.25, -0.2) is 4.52 Å². The average Bonchev–Trinajstić information content (AvgIpc) is 2.70. The topological polar surface area (TPSA) is 59.3 Å². The Morgan fingerprint density at radius 2 is 2.33 bits per heavy atom. The van der Waals surface area contributed by atoms with Gasteiger partial charge in [-0.15, -0.1) is 5.10 Å². The predicted molar refractivity (Wildman–Crippen MR) is 74.6 cm³/mol. The lowest BCUT2D eigenvalue weighted by atomic mass is 10.3. The summed E-state index contributed by atoms with van der Waals surface area (Å²) < 4.78 is 12.8. The minimum Gasteiger partial charge on any atom is -0.353 e. The van der Waals surface area contributed by atoms with Crippen LogP contribution in [0.15, 0.2) is 18.3 Å². The third-order valence-electron chi connectivity index (χ3n) is 2.70. The minimum atomic E-state index is -0.790. The van der Waals surface area contributed by atoms with E-state index in [0.717, 1.165) is 12.1 Å². The fraction of sp³-hybridized carbons (Fsp3) is 0.455. The van der Waals surface area contributed by atoms with Crippen molar-refractivity contribution in [3.8, 4) is 0 Å². The molecule has 2 heterocycles. The lowest BCUT2D eigenvalue weighted by molar-refractivity contribution is 0.672. The van der Waals surface area contributed by atoms with Crippen molar-refractivity contribution < 1.29 is 4.21 Å². The van der Waals surface area contributed by atoms with Crippen LogP contribution in [0.3, 0.4) is 0 Å². The van der Waals surface area contributed by atoms with Crippen LogP contribution >= 0.6 is 11.6 Å². The Morgan fingerprint density at radius 1 is 1.56 bits per heavy atom. The molecule has 5 nitrogen and oxygen atoms in total. The van der Waals surface area contributed by atoms with Crippen molar-refractivity contribution in [2.75, 3.05) is 18.1 Å². The highest BCUT2D eigenvalue weighted by Gasteiger charge is 2.07. The molecule has 0 spiro atoms. The van der Waals surface area contributed by atoms with Crippen molar-refractivity contribution in [2.45, 2.75) is 18.6 Å². The zero-order valence-electron chi connectivity index (χ0n) is 10.3. The maximum absolute atomic E-state index is 11.2. The summed E-state index contributed by atoms with van der Waals surface area (Å²) in [6.07, 6.45) is 4.24. The molecule has 0 saturated carbocycles. The lowest BCUT2D eigenvalue weighted by Gasteiger charge is -2.07. The molecule has 0 saturated heterocycles. The normalized spacial score (nSPS) is 14.6. The van der Waals surface area contributed by atoms with Crippen molar-refractivity contribution >= 4 is 34.0 Å². The number of hydrogen-bond acceptors (Lipinski definition) is 4. The van der Waals surface area contributed by atoms with Crippen molar-refractivity contribution in [2.24, 2.45) is 0 Å². The van der Waals surface area contributed by atoms with E-state index in [0.29, 0.717) is 17.5 Å². The lowest BCUT2D eigenvalue weighted by Crippen LogP contribution is -2.15. The number of nitrogens with zero attached hydrogens (tertiary/aromatic N) is 3. The molecule has 18 heavy (non-hydrogen) atoms. The van der Waals surface area contributed by atoms with E-state index >= 15 is 0 Å². The highest BCUT2D eigenvalue weighted by Crippen LogP contribution is 2.11. The van der Waals surface area contributed by atoms with Gasteiger partial charge < -0.3 is 5.32 Å². The molecule has 0 aliphatic rings. The van der Waals surface area contributed by atoms with Gasteiger partial charge in [0.05, 0.1) is 5.02 Å². The second kappa shape index (κ2) is 5.67.